The van der Waals surface area contributed by atoms with Crippen LogP contribution in [0.25, 0.3) is 0 Å². The molecule has 0 amide bonds. The first kappa shape index (κ1) is 16.1. The van der Waals surface area contributed by atoms with Gasteiger partial charge in [0.2, 0.25) is 0 Å². The van der Waals surface area contributed by atoms with Gasteiger partial charge < -0.3 is 5.32 Å². The van der Waals surface area contributed by atoms with E-state index in [0.717, 1.165) is 6.42 Å². The number of hydrogen-bond donors (Lipinski definition) is 2. The Morgan fingerprint density at radius 1 is 1.08 bits per heavy atom. The van der Waals surface area contributed by atoms with Crippen molar-refractivity contribution in [2.24, 2.45) is 0 Å². The molecule has 1 aliphatic carbocycles. The molecule has 1 aromatic carbocycles. The largest absolute Gasteiger partial charge is 0.358 e. The van der Waals surface area contributed by atoms with Gasteiger partial charge in [-0.1, -0.05) is 43.2 Å². The third-order valence-electron chi connectivity index (χ3n) is 5.41. The number of nitrogens with one attached hydrogen (secondary N) is 2. The molecule has 0 unspecified atom stereocenters. The van der Waals surface area contributed by atoms with Crippen LogP contribution < -0.4 is 16.6 Å². The Morgan fingerprint density at radius 3 is 2.60 bits per heavy atom. The number of aryl methyl sites for hydroxylation is 1. The molecule has 1 aromatic heterocycles. The predicted molar refractivity (Wildman–Crippen MR) is 97.8 cm³/mol. The van der Waals surface area contributed by atoms with Crippen LogP contribution in [0.3, 0.4) is 0 Å². The van der Waals surface area contributed by atoms with E-state index in [0.29, 0.717) is 37.2 Å². The number of aromatic amines is 1. The van der Waals surface area contributed by atoms with E-state index >= 15 is 0 Å². The van der Waals surface area contributed by atoms with Crippen molar-refractivity contribution in [2.45, 2.75) is 51.2 Å². The molecule has 4 rings (SSSR count). The van der Waals surface area contributed by atoms with Crippen LogP contribution in [0.4, 0.5) is 5.82 Å². The van der Waals surface area contributed by atoms with Gasteiger partial charge in [-0.2, -0.15) is 0 Å². The third-order valence-corrected chi connectivity index (χ3v) is 5.41. The summed E-state index contributed by atoms with van der Waals surface area (Å²) in [6.45, 7) is 1.87. The molecule has 1 fully saturated rings. The van der Waals surface area contributed by atoms with Gasteiger partial charge in [0.1, 0.15) is 5.82 Å². The van der Waals surface area contributed by atoms with E-state index in [1.165, 1.54) is 31.2 Å². The Hall–Kier alpha value is -2.34. The normalized spacial score (nSPS) is 18.1. The molecule has 132 valence electrons. The van der Waals surface area contributed by atoms with Gasteiger partial charge in [0, 0.05) is 19.1 Å². The fourth-order valence-corrected chi connectivity index (χ4v) is 4.02. The lowest BCUT2D eigenvalue weighted by atomic mass is 10.1. The first-order valence-corrected chi connectivity index (χ1v) is 9.10. The Morgan fingerprint density at radius 2 is 1.84 bits per heavy atom. The van der Waals surface area contributed by atoms with E-state index in [1.54, 1.807) is 4.57 Å². The van der Waals surface area contributed by atoms with Crippen LogP contribution in [-0.4, -0.2) is 27.2 Å². The second-order valence-electron chi connectivity index (χ2n) is 6.99. The van der Waals surface area contributed by atoms with Crippen molar-refractivity contribution in [3.05, 3.63) is 62.3 Å². The van der Waals surface area contributed by atoms with Gasteiger partial charge in [0.05, 0.1) is 12.2 Å². The maximum atomic E-state index is 12.3. The molecule has 6 heteroatoms. The molecule has 6 nitrogen and oxygen atoms in total. The predicted octanol–water partition coefficient (Wildman–Crippen LogP) is 1.91. The lowest BCUT2D eigenvalue weighted by Crippen LogP contribution is -2.46. The number of fused-ring (bicyclic) bond motifs is 1. The van der Waals surface area contributed by atoms with E-state index in [1.807, 2.05) is 18.2 Å². The van der Waals surface area contributed by atoms with E-state index in [4.69, 9.17) is 0 Å². The van der Waals surface area contributed by atoms with Crippen LogP contribution in [0.15, 0.2) is 39.9 Å². The van der Waals surface area contributed by atoms with Crippen LogP contribution in [0.1, 0.15) is 36.8 Å². The Balaban J connectivity index is 1.60. The molecule has 0 atom stereocenters. The zero-order valence-electron chi connectivity index (χ0n) is 14.3. The topological polar surface area (TPSA) is 70.1 Å². The standard InChI is InChI=1S/C19H24N4O2/c24-18-16-12-22(15-8-4-5-9-15)13-20-17(16)23(19(25)21-18)11-10-14-6-2-1-3-7-14/h1-3,6-7,15,20H,4-5,8-13H2,(H,21,24,25). The van der Waals surface area contributed by atoms with Gasteiger partial charge in [-0.3, -0.25) is 19.2 Å². The Bertz CT molecular complexity index is 850. The summed E-state index contributed by atoms with van der Waals surface area (Å²) in [6.07, 6.45) is 5.68. The molecular weight excluding hydrogens is 316 g/mol. The zero-order chi connectivity index (χ0) is 17.2. The van der Waals surface area contributed by atoms with E-state index < -0.39 is 0 Å². The van der Waals surface area contributed by atoms with Crippen LogP contribution >= 0.6 is 0 Å². The van der Waals surface area contributed by atoms with Crippen molar-refractivity contribution in [2.75, 3.05) is 12.0 Å². The first-order chi connectivity index (χ1) is 12.2. The molecule has 0 saturated heterocycles. The maximum Gasteiger partial charge on any atom is 0.329 e. The first-order valence-electron chi connectivity index (χ1n) is 9.10. The van der Waals surface area contributed by atoms with Gasteiger partial charge >= 0.3 is 5.69 Å². The summed E-state index contributed by atoms with van der Waals surface area (Å²) in [4.78, 5) is 29.5. The number of rotatable bonds is 4. The minimum Gasteiger partial charge on any atom is -0.358 e. The van der Waals surface area contributed by atoms with Gasteiger partial charge in [-0.05, 0) is 24.8 Å². The molecular formula is C19H24N4O2. The summed E-state index contributed by atoms with van der Waals surface area (Å²) in [5.74, 6) is 0.693. The van der Waals surface area contributed by atoms with E-state index in [9.17, 15) is 9.59 Å². The summed E-state index contributed by atoms with van der Waals surface area (Å²) in [7, 11) is 0. The molecule has 2 heterocycles. The van der Waals surface area contributed by atoms with Crippen molar-refractivity contribution in [1.29, 1.82) is 0 Å². The highest BCUT2D eigenvalue weighted by atomic mass is 16.2. The lowest BCUT2D eigenvalue weighted by molar-refractivity contribution is 0.194. The molecule has 2 N–H and O–H groups in total. The van der Waals surface area contributed by atoms with Gasteiger partial charge in [0.25, 0.3) is 5.56 Å². The summed E-state index contributed by atoms with van der Waals surface area (Å²) in [5.41, 5.74) is 1.27. The third kappa shape index (κ3) is 3.26. The lowest BCUT2D eigenvalue weighted by Gasteiger charge is -2.34. The zero-order valence-corrected chi connectivity index (χ0v) is 14.3. The Labute approximate surface area is 146 Å². The highest BCUT2D eigenvalue weighted by molar-refractivity contribution is 5.45. The highest BCUT2D eigenvalue weighted by Crippen LogP contribution is 2.27. The summed E-state index contributed by atoms with van der Waals surface area (Å²) in [6, 6.07) is 10.6. The van der Waals surface area contributed by atoms with Gasteiger partial charge in [-0.15, -0.1) is 0 Å². The van der Waals surface area contributed by atoms with Gasteiger partial charge in [0.15, 0.2) is 0 Å². The highest BCUT2D eigenvalue weighted by Gasteiger charge is 2.28. The maximum absolute atomic E-state index is 12.3. The minimum atomic E-state index is -0.332. The molecule has 25 heavy (non-hydrogen) atoms. The van der Waals surface area contributed by atoms with Crippen molar-refractivity contribution < 1.29 is 0 Å². The molecule has 0 spiro atoms. The number of nitrogens with zero attached hydrogens (tertiary/aromatic N) is 2. The summed E-state index contributed by atoms with van der Waals surface area (Å²) >= 11 is 0. The average Bonchev–Trinajstić information content (AvgIpc) is 3.17. The number of H-pyrrole nitrogens is 1. The molecule has 2 aliphatic rings. The van der Waals surface area contributed by atoms with Gasteiger partial charge in [-0.25, -0.2) is 4.79 Å². The smallest absolute Gasteiger partial charge is 0.329 e. The summed E-state index contributed by atoms with van der Waals surface area (Å²) < 4.78 is 1.68. The molecule has 2 aromatic rings. The van der Waals surface area contributed by atoms with Crippen LogP contribution in [-0.2, 0) is 19.5 Å². The minimum absolute atomic E-state index is 0.258. The van der Waals surface area contributed by atoms with Crippen LogP contribution in [0.5, 0.6) is 0 Å². The fraction of sp³-hybridized carbons (Fsp3) is 0.474. The van der Waals surface area contributed by atoms with Crippen molar-refractivity contribution in [1.82, 2.24) is 14.5 Å². The van der Waals surface area contributed by atoms with E-state index in [-0.39, 0.29) is 11.2 Å². The summed E-state index contributed by atoms with van der Waals surface area (Å²) in [5, 5.41) is 3.35. The number of aromatic nitrogens is 2. The van der Waals surface area contributed by atoms with Crippen LogP contribution in [0, 0.1) is 0 Å². The SMILES string of the molecule is O=c1[nH]c(=O)n(CCc2ccccc2)c2c1CN(C1CCCC1)CN2. The average molecular weight is 340 g/mol. The number of hydrogen-bond acceptors (Lipinski definition) is 4. The molecule has 0 bridgehead atoms. The quantitative estimate of drug-likeness (QED) is 0.892. The number of anilines is 1. The van der Waals surface area contributed by atoms with Crippen molar-refractivity contribution in [3.8, 4) is 0 Å². The van der Waals surface area contributed by atoms with Crippen molar-refractivity contribution >= 4 is 5.82 Å². The molecule has 1 saturated carbocycles. The van der Waals surface area contributed by atoms with Crippen LogP contribution in [0.2, 0.25) is 0 Å². The molecule has 1 aliphatic heterocycles. The Kier molecular flexibility index (Phi) is 4.44. The monoisotopic (exact) mass is 340 g/mol. The fourth-order valence-electron chi connectivity index (χ4n) is 4.02. The molecule has 0 radical (unpaired) electrons. The van der Waals surface area contributed by atoms with Crippen molar-refractivity contribution in [3.63, 3.8) is 0 Å². The second kappa shape index (κ2) is 6.88. The number of benzene rings is 1. The second-order valence-corrected chi connectivity index (χ2v) is 6.99. The van der Waals surface area contributed by atoms with E-state index in [2.05, 4.69) is 27.3 Å².